The molecule has 0 fully saturated rings. The van der Waals surface area contributed by atoms with Crippen molar-refractivity contribution >= 4 is 28.6 Å². The van der Waals surface area contributed by atoms with Gasteiger partial charge in [0.25, 0.3) is 5.91 Å². The Labute approximate surface area is 174 Å². The summed E-state index contributed by atoms with van der Waals surface area (Å²) in [6.45, 7) is 2.02. The minimum absolute atomic E-state index is 0.200. The lowest BCUT2D eigenvalue weighted by molar-refractivity contribution is 0.0697. The number of pyridine rings is 1. The maximum Gasteiger partial charge on any atom is 0.335 e. The molecule has 5 nitrogen and oxygen atoms in total. The monoisotopic (exact) mass is 396 g/mol. The molecule has 4 rings (SSSR count). The van der Waals surface area contributed by atoms with E-state index in [4.69, 9.17) is 5.11 Å². The maximum atomic E-state index is 13.2. The topological polar surface area (TPSA) is 79.3 Å². The predicted octanol–water partition coefficient (Wildman–Crippen LogP) is 5.41. The fraction of sp³-hybridized carbons (Fsp3) is 0.0800. The SMILES string of the molecule is CCc1cccc(-c2ccccc2)c1C(=O)Nc1ccc2cc(C(=O)O)ccc2n1. The average molecular weight is 396 g/mol. The number of benzene rings is 3. The first-order valence-electron chi connectivity index (χ1n) is 9.69. The lowest BCUT2D eigenvalue weighted by Crippen LogP contribution is -2.16. The van der Waals surface area contributed by atoms with E-state index < -0.39 is 5.97 Å². The van der Waals surface area contributed by atoms with Crippen LogP contribution < -0.4 is 5.32 Å². The number of carboxylic acid groups (broad SMARTS) is 1. The number of carbonyl (C=O) groups is 2. The number of rotatable bonds is 5. The second kappa shape index (κ2) is 8.17. The van der Waals surface area contributed by atoms with Gasteiger partial charge >= 0.3 is 5.97 Å². The molecule has 0 aliphatic rings. The Morgan fingerprint density at radius 2 is 1.73 bits per heavy atom. The van der Waals surface area contributed by atoms with Crippen molar-refractivity contribution in [2.24, 2.45) is 0 Å². The van der Waals surface area contributed by atoms with Crippen LogP contribution in [0, 0.1) is 0 Å². The Balaban J connectivity index is 1.70. The van der Waals surface area contributed by atoms with E-state index in [1.165, 1.54) is 6.07 Å². The molecular formula is C25H20N2O3. The van der Waals surface area contributed by atoms with Crippen LogP contribution in [0.25, 0.3) is 22.0 Å². The fourth-order valence-corrected chi connectivity index (χ4v) is 3.53. The summed E-state index contributed by atoms with van der Waals surface area (Å²) in [5, 5.41) is 12.7. The summed E-state index contributed by atoms with van der Waals surface area (Å²) in [5.41, 5.74) is 4.26. The van der Waals surface area contributed by atoms with E-state index >= 15 is 0 Å². The molecule has 3 aromatic carbocycles. The zero-order valence-corrected chi connectivity index (χ0v) is 16.4. The van der Waals surface area contributed by atoms with Crippen LogP contribution in [-0.2, 0) is 6.42 Å². The van der Waals surface area contributed by atoms with Crippen molar-refractivity contribution in [1.82, 2.24) is 4.98 Å². The largest absolute Gasteiger partial charge is 0.478 e. The standard InChI is InChI=1S/C25H20N2O3/c1-2-16-9-6-10-20(17-7-4-3-5-8-17)23(16)24(28)27-22-14-12-18-15-19(25(29)30)11-13-21(18)26-22/h3-15H,2H2,1H3,(H,29,30)(H,26,27,28). The number of hydrogen-bond donors (Lipinski definition) is 2. The third-order valence-corrected chi connectivity index (χ3v) is 5.02. The van der Waals surface area contributed by atoms with E-state index in [1.807, 2.05) is 55.5 Å². The third kappa shape index (κ3) is 3.78. The first kappa shape index (κ1) is 19.3. The third-order valence-electron chi connectivity index (χ3n) is 5.02. The number of nitrogens with zero attached hydrogens (tertiary/aromatic N) is 1. The number of nitrogens with one attached hydrogen (secondary N) is 1. The first-order valence-corrected chi connectivity index (χ1v) is 9.69. The minimum Gasteiger partial charge on any atom is -0.478 e. The summed E-state index contributed by atoms with van der Waals surface area (Å²) in [6.07, 6.45) is 0.729. The molecule has 1 aromatic heterocycles. The molecule has 148 valence electrons. The predicted molar refractivity (Wildman–Crippen MR) is 118 cm³/mol. The van der Waals surface area contributed by atoms with Crippen molar-refractivity contribution in [3.05, 3.63) is 95.6 Å². The Morgan fingerprint density at radius 3 is 2.47 bits per heavy atom. The van der Waals surface area contributed by atoms with Gasteiger partial charge in [-0.05, 0) is 53.4 Å². The molecule has 0 bridgehead atoms. The van der Waals surface area contributed by atoms with Gasteiger partial charge in [-0.2, -0.15) is 0 Å². The van der Waals surface area contributed by atoms with Crippen molar-refractivity contribution in [2.45, 2.75) is 13.3 Å². The molecule has 0 atom stereocenters. The van der Waals surface area contributed by atoms with Crippen LogP contribution in [0.4, 0.5) is 5.82 Å². The number of carbonyl (C=O) groups excluding carboxylic acids is 1. The highest BCUT2D eigenvalue weighted by molar-refractivity contribution is 6.09. The van der Waals surface area contributed by atoms with Crippen molar-refractivity contribution in [3.63, 3.8) is 0 Å². The number of amides is 1. The molecule has 5 heteroatoms. The zero-order valence-electron chi connectivity index (χ0n) is 16.4. The van der Waals surface area contributed by atoms with E-state index in [0.717, 1.165) is 23.1 Å². The number of aromatic nitrogens is 1. The van der Waals surface area contributed by atoms with Crippen molar-refractivity contribution < 1.29 is 14.7 Å². The van der Waals surface area contributed by atoms with E-state index in [9.17, 15) is 9.59 Å². The van der Waals surface area contributed by atoms with Crippen LogP contribution in [0.15, 0.2) is 78.9 Å². The minimum atomic E-state index is -0.987. The Morgan fingerprint density at radius 1 is 0.933 bits per heavy atom. The lowest BCUT2D eigenvalue weighted by atomic mass is 9.93. The van der Waals surface area contributed by atoms with Gasteiger partial charge < -0.3 is 10.4 Å². The van der Waals surface area contributed by atoms with Gasteiger partial charge in [0.1, 0.15) is 5.82 Å². The van der Waals surface area contributed by atoms with Crippen LogP contribution in [0.5, 0.6) is 0 Å². The molecule has 0 saturated carbocycles. The van der Waals surface area contributed by atoms with Gasteiger partial charge in [0, 0.05) is 5.39 Å². The molecule has 0 saturated heterocycles. The smallest absolute Gasteiger partial charge is 0.335 e. The van der Waals surface area contributed by atoms with Crippen LogP contribution in [-0.4, -0.2) is 22.0 Å². The Kier molecular flexibility index (Phi) is 5.26. The van der Waals surface area contributed by atoms with Crippen molar-refractivity contribution in [1.29, 1.82) is 0 Å². The number of carboxylic acids is 1. The molecule has 1 heterocycles. The van der Waals surface area contributed by atoms with Gasteiger partial charge in [0.15, 0.2) is 0 Å². The molecule has 2 N–H and O–H groups in total. The number of aromatic carboxylic acids is 1. The summed E-state index contributed by atoms with van der Waals surface area (Å²) in [4.78, 5) is 28.9. The Hall–Kier alpha value is -3.99. The second-order valence-corrected chi connectivity index (χ2v) is 6.92. The summed E-state index contributed by atoms with van der Waals surface area (Å²) in [6, 6.07) is 23.8. The Bertz CT molecular complexity index is 1250. The summed E-state index contributed by atoms with van der Waals surface area (Å²) >= 11 is 0. The normalized spacial score (nSPS) is 10.7. The lowest BCUT2D eigenvalue weighted by Gasteiger charge is -2.14. The van der Waals surface area contributed by atoms with Crippen LogP contribution in [0.3, 0.4) is 0 Å². The van der Waals surface area contributed by atoms with E-state index in [2.05, 4.69) is 10.3 Å². The summed E-state index contributed by atoms with van der Waals surface area (Å²) in [7, 11) is 0. The molecular weight excluding hydrogens is 376 g/mol. The average Bonchev–Trinajstić information content (AvgIpc) is 2.78. The number of hydrogen-bond acceptors (Lipinski definition) is 3. The van der Waals surface area contributed by atoms with Gasteiger partial charge in [-0.15, -0.1) is 0 Å². The van der Waals surface area contributed by atoms with E-state index in [1.54, 1.807) is 24.3 Å². The van der Waals surface area contributed by atoms with E-state index in [0.29, 0.717) is 22.3 Å². The summed E-state index contributed by atoms with van der Waals surface area (Å²) in [5.74, 6) is -0.792. The van der Waals surface area contributed by atoms with Gasteiger partial charge in [-0.25, -0.2) is 9.78 Å². The van der Waals surface area contributed by atoms with Gasteiger partial charge in [-0.3, -0.25) is 4.79 Å². The van der Waals surface area contributed by atoms with Gasteiger partial charge in [0.2, 0.25) is 0 Å². The highest BCUT2D eigenvalue weighted by Gasteiger charge is 2.17. The highest BCUT2D eigenvalue weighted by Crippen LogP contribution is 2.28. The van der Waals surface area contributed by atoms with Gasteiger partial charge in [0.05, 0.1) is 16.6 Å². The van der Waals surface area contributed by atoms with Gasteiger partial charge in [-0.1, -0.05) is 55.5 Å². The first-order chi connectivity index (χ1) is 14.6. The maximum absolute atomic E-state index is 13.2. The number of aryl methyl sites for hydroxylation is 1. The van der Waals surface area contributed by atoms with Crippen molar-refractivity contribution in [3.8, 4) is 11.1 Å². The summed E-state index contributed by atoms with van der Waals surface area (Å²) < 4.78 is 0. The molecule has 0 unspecified atom stereocenters. The molecule has 4 aromatic rings. The highest BCUT2D eigenvalue weighted by atomic mass is 16.4. The molecule has 1 amide bonds. The quantitative estimate of drug-likeness (QED) is 0.472. The molecule has 0 aliphatic carbocycles. The van der Waals surface area contributed by atoms with Crippen LogP contribution in [0.2, 0.25) is 0 Å². The number of anilines is 1. The molecule has 0 aliphatic heterocycles. The molecule has 30 heavy (non-hydrogen) atoms. The van der Waals surface area contributed by atoms with Crippen LogP contribution in [0.1, 0.15) is 33.2 Å². The molecule has 0 radical (unpaired) electrons. The fourth-order valence-electron chi connectivity index (χ4n) is 3.53. The second-order valence-electron chi connectivity index (χ2n) is 6.92. The number of fused-ring (bicyclic) bond motifs is 1. The van der Waals surface area contributed by atoms with Crippen molar-refractivity contribution in [2.75, 3.05) is 5.32 Å². The zero-order chi connectivity index (χ0) is 21.1. The van der Waals surface area contributed by atoms with Crippen LogP contribution >= 0.6 is 0 Å². The molecule has 0 spiro atoms. The van der Waals surface area contributed by atoms with E-state index in [-0.39, 0.29) is 11.5 Å².